The molecule has 1 heterocycles. The molecule has 1 rings (SSSR count). The molecule has 1 aromatic rings. The van der Waals surface area contributed by atoms with Crippen LogP contribution in [0.2, 0.25) is 0 Å². The van der Waals surface area contributed by atoms with Gasteiger partial charge in [0.1, 0.15) is 0 Å². The molecule has 104 valence electrons. The minimum absolute atomic E-state index is 0.438. The Hall–Kier alpha value is -0.830. The SMILES string of the molecule is CCCCCCCC(NCCC)c1ccn(C)n1. The Morgan fingerprint density at radius 1 is 1.17 bits per heavy atom. The summed E-state index contributed by atoms with van der Waals surface area (Å²) in [5, 5.41) is 8.15. The molecule has 1 N–H and O–H groups in total. The monoisotopic (exact) mass is 251 g/mol. The van der Waals surface area contributed by atoms with Crippen LogP contribution in [0.3, 0.4) is 0 Å². The van der Waals surface area contributed by atoms with Gasteiger partial charge in [-0.05, 0) is 25.5 Å². The molecular formula is C15H29N3. The first-order chi connectivity index (χ1) is 8.77. The molecule has 18 heavy (non-hydrogen) atoms. The summed E-state index contributed by atoms with van der Waals surface area (Å²) in [5.74, 6) is 0. The lowest BCUT2D eigenvalue weighted by Gasteiger charge is -2.16. The summed E-state index contributed by atoms with van der Waals surface area (Å²) in [6.45, 7) is 5.55. The van der Waals surface area contributed by atoms with Gasteiger partial charge in [0.05, 0.1) is 11.7 Å². The second-order valence-corrected chi connectivity index (χ2v) is 5.12. The van der Waals surface area contributed by atoms with Crippen molar-refractivity contribution in [2.24, 2.45) is 7.05 Å². The van der Waals surface area contributed by atoms with Gasteiger partial charge in [0, 0.05) is 13.2 Å². The maximum Gasteiger partial charge on any atom is 0.0793 e. The van der Waals surface area contributed by atoms with Crippen LogP contribution in [-0.2, 0) is 7.05 Å². The molecular weight excluding hydrogens is 222 g/mol. The predicted molar refractivity (Wildman–Crippen MR) is 77.6 cm³/mol. The van der Waals surface area contributed by atoms with Crippen LogP contribution in [0.5, 0.6) is 0 Å². The van der Waals surface area contributed by atoms with E-state index in [1.54, 1.807) is 0 Å². The van der Waals surface area contributed by atoms with Crippen molar-refractivity contribution in [1.29, 1.82) is 0 Å². The van der Waals surface area contributed by atoms with Gasteiger partial charge in [-0.3, -0.25) is 4.68 Å². The van der Waals surface area contributed by atoms with E-state index < -0.39 is 0 Å². The van der Waals surface area contributed by atoms with Crippen LogP contribution in [-0.4, -0.2) is 16.3 Å². The molecule has 0 saturated heterocycles. The van der Waals surface area contributed by atoms with Crippen LogP contribution >= 0.6 is 0 Å². The Morgan fingerprint density at radius 3 is 2.56 bits per heavy atom. The van der Waals surface area contributed by atoms with E-state index in [1.165, 1.54) is 50.6 Å². The Morgan fingerprint density at radius 2 is 1.94 bits per heavy atom. The van der Waals surface area contributed by atoms with Crippen molar-refractivity contribution < 1.29 is 0 Å². The zero-order valence-corrected chi connectivity index (χ0v) is 12.3. The fourth-order valence-electron chi connectivity index (χ4n) is 2.24. The third-order valence-corrected chi connectivity index (χ3v) is 3.33. The molecule has 0 aliphatic carbocycles. The number of aromatic nitrogens is 2. The summed E-state index contributed by atoms with van der Waals surface area (Å²) in [6, 6.07) is 2.58. The second kappa shape index (κ2) is 9.15. The molecule has 0 bridgehead atoms. The van der Waals surface area contributed by atoms with E-state index in [-0.39, 0.29) is 0 Å². The number of rotatable bonds is 10. The van der Waals surface area contributed by atoms with Crippen LogP contribution in [0.1, 0.15) is 70.5 Å². The van der Waals surface area contributed by atoms with Crippen molar-refractivity contribution in [3.05, 3.63) is 18.0 Å². The maximum absolute atomic E-state index is 4.53. The van der Waals surface area contributed by atoms with Gasteiger partial charge < -0.3 is 5.32 Å². The van der Waals surface area contributed by atoms with Crippen molar-refractivity contribution in [3.8, 4) is 0 Å². The summed E-state index contributed by atoms with van der Waals surface area (Å²) in [6.07, 6.45) is 11.1. The molecule has 1 unspecified atom stereocenters. The Kier molecular flexibility index (Phi) is 7.74. The van der Waals surface area contributed by atoms with Crippen LogP contribution < -0.4 is 5.32 Å². The molecule has 0 aliphatic rings. The Balaban J connectivity index is 2.36. The van der Waals surface area contributed by atoms with E-state index in [4.69, 9.17) is 0 Å². The normalized spacial score (nSPS) is 12.8. The summed E-state index contributed by atoms with van der Waals surface area (Å²) < 4.78 is 1.90. The number of nitrogens with zero attached hydrogens (tertiary/aromatic N) is 2. The largest absolute Gasteiger partial charge is 0.309 e. The average molecular weight is 251 g/mol. The van der Waals surface area contributed by atoms with E-state index in [9.17, 15) is 0 Å². The van der Waals surface area contributed by atoms with E-state index in [2.05, 4.69) is 30.3 Å². The molecule has 0 spiro atoms. The minimum Gasteiger partial charge on any atom is -0.309 e. The fraction of sp³-hybridized carbons (Fsp3) is 0.800. The molecule has 0 aliphatic heterocycles. The number of hydrogen-bond donors (Lipinski definition) is 1. The standard InChI is InChI=1S/C15H29N3/c1-4-6-7-8-9-10-14(16-12-5-2)15-11-13-18(3)17-15/h11,13-14,16H,4-10,12H2,1-3H3. The lowest BCUT2D eigenvalue weighted by Crippen LogP contribution is -2.22. The van der Waals surface area contributed by atoms with E-state index in [1.807, 2.05) is 17.9 Å². The molecule has 3 nitrogen and oxygen atoms in total. The molecule has 0 aromatic carbocycles. The minimum atomic E-state index is 0.438. The molecule has 0 amide bonds. The lowest BCUT2D eigenvalue weighted by atomic mass is 10.0. The quantitative estimate of drug-likeness (QED) is 0.641. The molecule has 1 atom stereocenters. The molecule has 0 radical (unpaired) electrons. The van der Waals surface area contributed by atoms with Crippen LogP contribution in [0.15, 0.2) is 12.3 Å². The maximum atomic E-state index is 4.53. The van der Waals surface area contributed by atoms with Gasteiger partial charge in [-0.1, -0.05) is 46.0 Å². The highest BCUT2D eigenvalue weighted by Gasteiger charge is 2.12. The summed E-state index contributed by atoms with van der Waals surface area (Å²) in [7, 11) is 1.99. The number of nitrogens with one attached hydrogen (secondary N) is 1. The second-order valence-electron chi connectivity index (χ2n) is 5.12. The summed E-state index contributed by atoms with van der Waals surface area (Å²) in [4.78, 5) is 0. The zero-order valence-electron chi connectivity index (χ0n) is 12.3. The number of aryl methyl sites for hydroxylation is 1. The van der Waals surface area contributed by atoms with E-state index in [0.29, 0.717) is 6.04 Å². The lowest BCUT2D eigenvalue weighted by molar-refractivity contribution is 0.456. The molecule has 3 heteroatoms. The van der Waals surface area contributed by atoms with Gasteiger partial charge in [0.15, 0.2) is 0 Å². The number of unbranched alkanes of at least 4 members (excludes halogenated alkanes) is 4. The Bertz CT molecular complexity index is 306. The summed E-state index contributed by atoms with van der Waals surface area (Å²) >= 11 is 0. The van der Waals surface area contributed by atoms with Crippen LogP contribution in [0, 0.1) is 0 Å². The molecule has 0 saturated carbocycles. The zero-order chi connectivity index (χ0) is 13.2. The Labute approximate surface area is 112 Å². The van der Waals surface area contributed by atoms with Gasteiger partial charge in [0.25, 0.3) is 0 Å². The predicted octanol–water partition coefficient (Wildman–Crippen LogP) is 3.82. The number of hydrogen-bond acceptors (Lipinski definition) is 2. The highest BCUT2D eigenvalue weighted by Crippen LogP contribution is 2.18. The molecule has 0 fully saturated rings. The fourth-order valence-corrected chi connectivity index (χ4v) is 2.24. The highest BCUT2D eigenvalue weighted by molar-refractivity contribution is 5.05. The summed E-state index contributed by atoms with van der Waals surface area (Å²) in [5.41, 5.74) is 1.20. The first kappa shape index (κ1) is 15.2. The molecule has 1 aromatic heterocycles. The third kappa shape index (κ3) is 5.67. The van der Waals surface area contributed by atoms with Crippen molar-refractivity contribution in [1.82, 2.24) is 15.1 Å². The van der Waals surface area contributed by atoms with E-state index in [0.717, 1.165) is 6.54 Å². The van der Waals surface area contributed by atoms with Gasteiger partial charge in [-0.2, -0.15) is 5.10 Å². The topological polar surface area (TPSA) is 29.9 Å². The highest BCUT2D eigenvalue weighted by atomic mass is 15.3. The van der Waals surface area contributed by atoms with Gasteiger partial charge in [-0.25, -0.2) is 0 Å². The van der Waals surface area contributed by atoms with Crippen molar-refractivity contribution in [2.45, 2.75) is 64.8 Å². The van der Waals surface area contributed by atoms with Crippen LogP contribution in [0.25, 0.3) is 0 Å². The van der Waals surface area contributed by atoms with Gasteiger partial charge in [0.2, 0.25) is 0 Å². The smallest absolute Gasteiger partial charge is 0.0793 e. The van der Waals surface area contributed by atoms with Gasteiger partial charge >= 0.3 is 0 Å². The van der Waals surface area contributed by atoms with Crippen molar-refractivity contribution in [2.75, 3.05) is 6.54 Å². The van der Waals surface area contributed by atoms with Crippen LogP contribution in [0.4, 0.5) is 0 Å². The average Bonchev–Trinajstić information content (AvgIpc) is 2.79. The van der Waals surface area contributed by atoms with E-state index >= 15 is 0 Å². The third-order valence-electron chi connectivity index (χ3n) is 3.33. The van der Waals surface area contributed by atoms with Gasteiger partial charge in [-0.15, -0.1) is 0 Å². The van der Waals surface area contributed by atoms with Crippen molar-refractivity contribution >= 4 is 0 Å². The van der Waals surface area contributed by atoms with Crippen molar-refractivity contribution in [3.63, 3.8) is 0 Å². The first-order valence-electron chi connectivity index (χ1n) is 7.50. The first-order valence-corrected chi connectivity index (χ1v) is 7.50.